The van der Waals surface area contributed by atoms with Crippen LogP contribution in [0.2, 0.25) is 0 Å². The highest BCUT2D eigenvalue weighted by Gasteiger charge is 2.36. The van der Waals surface area contributed by atoms with Crippen LogP contribution in [-0.4, -0.2) is 68.9 Å². The summed E-state index contributed by atoms with van der Waals surface area (Å²) in [6, 6.07) is 11.7. The summed E-state index contributed by atoms with van der Waals surface area (Å²) >= 11 is 0. The van der Waals surface area contributed by atoms with Crippen LogP contribution in [0.4, 0.5) is 0 Å². The fourth-order valence-corrected chi connectivity index (χ4v) is 6.04. The second-order valence-corrected chi connectivity index (χ2v) is 10.7. The van der Waals surface area contributed by atoms with Gasteiger partial charge in [-0.1, -0.05) is 36.4 Å². The Hall–Kier alpha value is -2.38. The van der Waals surface area contributed by atoms with Gasteiger partial charge in [0, 0.05) is 28.9 Å². The fraction of sp³-hybridized carbons (Fsp3) is 0.435. The number of benzene rings is 2. The van der Waals surface area contributed by atoms with Gasteiger partial charge >= 0.3 is 0 Å². The van der Waals surface area contributed by atoms with Gasteiger partial charge in [-0.2, -0.15) is 0 Å². The molecule has 1 aliphatic heterocycles. The van der Waals surface area contributed by atoms with Crippen LogP contribution in [0.3, 0.4) is 0 Å². The number of rotatable bonds is 6. The van der Waals surface area contributed by atoms with Crippen molar-refractivity contribution < 1.29 is 17.6 Å². The van der Waals surface area contributed by atoms with Crippen LogP contribution in [0.15, 0.2) is 40.8 Å². The Morgan fingerprint density at radius 1 is 1.10 bits per heavy atom. The van der Waals surface area contributed by atoms with Gasteiger partial charge in [-0.3, -0.25) is 4.79 Å². The first-order valence-corrected chi connectivity index (χ1v) is 12.2. The molecule has 0 aliphatic carbocycles. The average molecular weight is 429 g/mol. The van der Waals surface area contributed by atoms with Gasteiger partial charge in [-0.15, -0.1) is 0 Å². The minimum atomic E-state index is -3.10. The van der Waals surface area contributed by atoms with Crippen molar-refractivity contribution in [2.45, 2.75) is 25.8 Å². The van der Waals surface area contributed by atoms with Gasteiger partial charge < -0.3 is 14.2 Å². The van der Waals surface area contributed by atoms with Crippen LogP contribution in [0.1, 0.15) is 29.0 Å². The first-order chi connectivity index (χ1) is 14.3. The summed E-state index contributed by atoms with van der Waals surface area (Å²) in [6.45, 7) is 3.23. The Balaban J connectivity index is 1.72. The first kappa shape index (κ1) is 20.9. The number of carbonyl (C=O) groups excluding carboxylic acids is 1. The Kier molecular flexibility index (Phi) is 5.59. The maximum absolute atomic E-state index is 13.6. The van der Waals surface area contributed by atoms with E-state index in [9.17, 15) is 13.2 Å². The SMILES string of the molecule is Cc1c(C(=O)N(CCCN(C)C)C2CCS(=O)(=O)C2)oc2c1ccc1ccccc12. The monoisotopic (exact) mass is 428 g/mol. The molecule has 0 bridgehead atoms. The highest BCUT2D eigenvalue weighted by atomic mass is 32.2. The summed E-state index contributed by atoms with van der Waals surface area (Å²) in [4.78, 5) is 17.4. The van der Waals surface area contributed by atoms with E-state index in [0.717, 1.165) is 34.7 Å². The molecule has 0 spiro atoms. The molecule has 0 saturated carbocycles. The molecule has 1 amide bonds. The zero-order valence-corrected chi connectivity index (χ0v) is 18.5. The molecule has 0 radical (unpaired) electrons. The fourth-order valence-electron chi connectivity index (χ4n) is 4.31. The first-order valence-electron chi connectivity index (χ1n) is 10.3. The molecular weight excluding hydrogens is 400 g/mol. The summed E-state index contributed by atoms with van der Waals surface area (Å²) in [5, 5.41) is 2.95. The van der Waals surface area contributed by atoms with Gasteiger partial charge in [0.2, 0.25) is 0 Å². The molecule has 1 unspecified atom stereocenters. The molecule has 1 saturated heterocycles. The van der Waals surface area contributed by atoms with Crippen LogP contribution in [0.25, 0.3) is 21.7 Å². The topological polar surface area (TPSA) is 70.8 Å². The number of hydrogen-bond donors (Lipinski definition) is 0. The third-order valence-electron chi connectivity index (χ3n) is 5.94. The maximum Gasteiger partial charge on any atom is 0.290 e. The van der Waals surface area contributed by atoms with E-state index in [1.807, 2.05) is 57.4 Å². The van der Waals surface area contributed by atoms with Crippen molar-refractivity contribution in [3.8, 4) is 0 Å². The number of amides is 1. The smallest absolute Gasteiger partial charge is 0.290 e. The molecule has 1 atom stereocenters. The van der Waals surface area contributed by atoms with Crippen molar-refractivity contribution >= 4 is 37.5 Å². The van der Waals surface area contributed by atoms with E-state index in [1.165, 1.54) is 0 Å². The molecule has 0 N–H and O–H groups in total. The van der Waals surface area contributed by atoms with Crippen LogP contribution in [-0.2, 0) is 9.84 Å². The average Bonchev–Trinajstić information content (AvgIpc) is 3.24. The molecule has 1 fully saturated rings. The molecule has 4 rings (SSSR count). The minimum absolute atomic E-state index is 0.0307. The van der Waals surface area contributed by atoms with Crippen LogP contribution in [0.5, 0.6) is 0 Å². The molecule has 2 heterocycles. The van der Waals surface area contributed by atoms with Gasteiger partial charge in [0.05, 0.1) is 11.5 Å². The van der Waals surface area contributed by atoms with Crippen molar-refractivity contribution in [3.63, 3.8) is 0 Å². The molecule has 1 aliphatic rings. The number of carbonyl (C=O) groups is 1. The van der Waals surface area contributed by atoms with E-state index < -0.39 is 9.84 Å². The Morgan fingerprint density at radius 3 is 2.57 bits per heavy atom. The molecule has 6 nitrogen and oxygen atoms in total. The lowest BCUT2D eigenvalue weighted by Crippen LogP contribution is -2.42. The Morgan fingerprint density at radius 2 is 1.87 bits per heavy atom. The molecule has 7 heteroatoms. The van der Waals surface area contributed by atoms with Crippen molar-refractivity contribution in [2.75, 3.05) is 38.7 Å². The van der Waals surface area contributed by atoms with Gasteiger partial charge in [-0.25, -0.2) is 8.42 Å². The quantitative estimate of drug-likeness (QED) is 0.601. The number of hydrogen-bond acceptors (Lipinski definition) is 5. The van der Waals surface area contributed by atoms with E-state index in [4.69, 9.17) is 4.42 Å². The summed E-state index contributed by atoms with van der Waals surface area (Å²) in [7, 11) is 0.878. The second-order valence-electron chi connectivity index (χ2n) is 8.43. The normalized spacial score (nSPS) is 18.5. The number of fused-ring (bicyclic) bond motifs is 3. The van der Waals surface area contributed by atoms with Crippen molar-refractivity contribution in [1.29, 1.82) is 0 Å². The number of aryl methyl sites for hydroxylation is 1. The van der Waals surface area contributed by atoms with Crippen LogP contribution in [0, 0.1) is 6.92 Å². The molecular formula is C23H28N2O4S. The van der Waals surface area contributed by atoms with Crippen LogP contribution < -0.4 is 0 Å². The lowest BCUT2D eigenvalue weighted by atomic mass is 10.1. The molecule has 3 aromatic rings. The van der Waals surface area contributed by atoms with E-state index in [2.05, 4.69) is 4.90 Å². The zero-order chi connectivity index (χ0) is 21.5. The summed E-state index contributed by atoms with van der Waals surface area (Å²) < 4.78 is 30.3. The maximum atomic E-state index is 13.6. The minimum Gasteiger partial charge on any atom is -0.450 e. The molecule has 1 aromatic heterocycles. The predicted octanol–water partition coefficient (Wildman–Crippen LogP) is 3.48. The highest BCUT2D eigenvalue weighted by molar-refractivity contribution is 7.91. The third-order valence-corrected chi connectivity index (χ3v) is 7.69. The van der Waals surface area contributed by atoms with Crippen molar-refractivity contribution in [1.82, 2.24) is 9.80 Å². The predicted molar refractivity (Wildman–Crippen MR) is 120 cm³/mol. The lowest BCUT2D eigenvalue weighted by molar-refractivity contribution is 0.0659. The Labute approximate surface area is 177 Å². The van der Waals surface area contributed by atoms with Gasteiger partial charge in [0.15, 0.2) is 15.6 Å². The summed E-state index contributed by atoms with van der Waals surface area (Å²) in [6.07, 6.45) is 1.26. The van der Waals surface area contributed by atoms with Gasteiger partial charge in [0.25, 0.3) is 5.91 Å². The lowest BCUT2D eigenvalue weighted by Gasteiger charge is -2.28. The second kappa shape index (κ2) is 8.04. The zero-order valence-electron chi connectivity index (χ0n) is 17.7. The third kappa shape index (κ3) is 3.96. The van der Waals surface area contributed by atoms with Crippen molar-refractivity contribution in [2.24, 2.45) is 0 Å². The van der Waals surface area contributed by atoms with E-state index in [0.29, 0.717) is 24.3 Å². The number of sulfone groups is 1. The molecule has 160 valence electrons. The van der Waals surface area contributed by atoms with E-state index in [-0.39, 0.29) is 23.5 Å². The van der Waals surface area contributed by atoms with E-state index >= 15 is 0 Å². The van der Waals surface area contributed by atoms with Gasteiger partial charge in [0.1, 0.15) is 5.58 Å². The summed E-state index contributed by atoms with van der Waals surface area (Å²) in [5.41, 5.74) is 1.51. The Bertz CT molecular complexity index is 1200. The van der Waals surface area contributed by atoms with E-state index in [1.54, 1.807) is 4.90 Å². The standard InChI is InChI=1S/C23H28N2O4S/c1-16-19-10-9-17-7-4-5-8-20(17)22(19)29-21(16)23(26)25(13-6-12-24(2)3)18-11-14-30(27,28)15-18/h4-5,7-10,18H,6,11-15H2,1-3H3. The molecule has 2 aromatic carbocycles. The number of nitrogens with zero attached hydrogens (tertiary/aromatic N) is 2. The van der Waals surface area contributed by atoms with Crippen molar-refractivity contribution in [3.05, 3.63) is 47.7 Å². The summed E-state index contributed by atoms with van der Waals surface area (Å²) in [5.74, 6) is 0.269. The largest absolute Gasteiger partial charge is 0.450 e. The van der Waals surface area contributed by atoms with Crippen LogP contribution >= 0.6 is 0 Å². The molecule has 30 heavy (non-hydrogen) atoms. The van der Waals surface area contributed by atoms with Gasteiger partial charge in [-0.05, 0) is 45.8 Å². The number of furan rings is 1. The highest BCUT2D eigenvalue weighted by Crippen LogP contribution is 2.33.